The van der Waals surface area contributed by atoms with Crippen LogP contribution in [0.2, 0.25) is 0 Å². The molecule has 6 heteroatoms. The summed E-state index contributed by atoms with van der Waals surface area (Å²) in [7, 11) is 1.60. The molecule has 164 valence electrons. The molecule has 4 rings (SSSR count). The maximum atomic E-state index is 13.0. The number of aromatic nitrogens is 1. The van der Waals surface area contributed by atoms with Gasteiger partial charge in [0.05, 0.1) is 18.9 Å². The molecule has 1 atom stereocenters. The Morgan fingerprint density at radius 3 is 2.62 bits per heavy atom. The van der Waals surface area contributed by atoms with Crippen molar-refractivity contribution in [3.05, 3.63) is 84.2 Å². The van der Waals surface area contributed by atoms with Gasteiger partial charge in [0.2, 0.25) is 11.8 Å². The van der Waals surface area contributed by atoms with Crippen LogP contribution in [0.3, 0.4) is 0 Å². The van der Waals surface area contributed by atoms with Gasteiger partial charge in [0.25, 0.3) is 0 Å². The van der Waals surface area contributed by atoms with Gasteiger partial charge < -0.3 is 15.4 Å². The van der Waals surface area contributed by atoms with Gasteiger partial charge in [0.15, 0.2) is 0 Å². The number of carbonyl (C=O) groups excluding carboxylic acids is 2. The molecule has 2 aromatic carbocycles. The number of nitrogens with two attached hydrogens (primary N) is 1. The zero-order valence-electron chi connectivity index (χ0n) is 18.2. The van der Waals surface area contributed by atoms with E-state index in [1.807, 2.05) is 60.7 Å². The standard InChI is InChI=1S/C26H27N3O3/c1-32-22-7-4-5-19(15-22)16-24(30)29-14-11-26(18-29,25(27)31)17-21-6-2-3-8-23(21)20-9-12-28-13-10-20/h2-10,12-13,15H,11,14,16-18H2,1H3,(H2,27,31)/t26-/m1/s1. The SMILES string of the molecule is COc1cccc(CC(=O)N2CC[C@](Cc3ccccc3-c3ccncc3)(C(N)=O)C2)c1. The van der Waals surface area contributed by atoms with E-state index in [0.717, 1.165) is 28.0 Å². The first kappa shape index (κ1) is 21.6. The molecule has 1 fully saturated rings. The van der Waals surface area contributed by atoms with E-state index in [2.05, 4.69) is 4.98 Å². The molecule has 3 aromatic rings. The Bertz CT molecular complexity index is 1120. The molecule has 1 aliphatic heterocycles. The molecule has 1 saturated heterocycles. The number of likely N-dealkylation sites (tertiary alicyclic amines) is 1. The number of nitrogens with zero attached hydrogens (tertiary/aromatic N) is 2. The molecule has 0 unspecified atom stereocenters. The van der Waals surface area contributed by atoms with Crippen molar-refractivity contribution in [2.45, 2.75) is 19.3 Å². The maximum Gasteiger partial charge on any atom is 0.227 e. The predicted molar refractivity (Wildman–Crippen MR) is 123 cm³/mol. The zero-order valence-corrected chi connectivity index (χ0v) is 18.2. The van der Waals surface area contributed by atoms with E-state index in [-0.39, 0.29) is 18.2 Å². The summed E-state index contributed by atoms with van der Waals surface area (Å²) in [6, 6.07) is 19.4. The highest BCUT2D eigenvalue weighted by Crippen LogP contribution is 2.37. The average molecular weight is 430 g/mol. The van der Waals surface area contributed by atoms with Gasteiger partial charge in [-0.05, 0) is 59.4 Å². The Morgan fingerprint density at radius 1 is 1.09 bits per heavy atom. The number of ether oxygens (including phenoxy) is 1. The lowest BCUT2D eigenvalue weighted by atomic mass is 9.78. The molecule has 0 bridgehead atoms. The van der Waals surface area contributed by atoms with E-state index in [1.54, 1.807) is 24.4 Å². The first-order chi connectivity index (χ1) is 15.5. The van der Waals surface area contributed by atoms with Crippen LogP contribution in [0.25, 0.3) is 11.1 Å². The number of primary amides is 1. The van der Waals surface area contributed by atoms with Crippen LogP contribution < -0.4 is 10.5 Å². The summed E-state index contributed by atoms with van der Waals surface area (Å²) in [6.07, 6.45) is 4.81. The summed E-state index contributed by atoms with van der Waals surface area (Å²) in [4.78, 5) is 31.5. The van der Waals surface area contributed by atoms with Crippen molar-refractivity contribution in [2.75, 3.05) is 20.2 Å². The van der Waals surface area contributed by atoms with E-state index >= 15 is 0 Å². The van der Waals surface area contributed by atoms with Crippen molar-refractivity contribution in [2.24, 2.45) is 11.1 Å². The van der Waals surface area contributed by atoms with Crippen molar-refractivity contribution in [1.82, 2.24) is 9.88 Å². The fourth-order valence-electron chi connectivity index (χ4n) is 4.44. The lowest BCUT2D eigenvalue weighted by Crippen LogP contribution is -2.42. The van der Waals surface area contributed by atoms with Gasteiger partial charge in [0, 0.05) is 25.5 Å². The monoisotopic (exact) mass is 429 g/mol. The summed E-state index contributed by atoms with van der Waals surface area (Å²) in [5.74, 6) is 0.346. The third-order valence-corrected chi connectivity index (χ3v) is 6.26. The van der Waals surface area contributed by atoms with Crippen LogP contribution >= 0.6 is 0 Å². The molecule has 1 aromatic heterocycles. The molecular formula is C26H27N3O3. The maximum absolute atomic E-state index is 13.0. The molecule has 6 nitrogen and oxygen atoms in total. The molecule has 0 spiro atoms. The Hall–Kier alpha value is -3.67. The minimum absolute atomic E-state index is 0.0104. The minimum Gasteiger partial charge on any atom is -0.497 e. The van der Waals surface area contributed by atoms with Gasteiger partial charge in [-0.15, -0.1) is 0 Å². The second kappa shape index (κ2) is 9.22. The Kier molecular flexibility index (Phi) is 6.21. The van der Waals surface area contributed by atoms with Gasteiger partial charge in [-0.3, -0.25) is 14.6 Å². The fourth-order valence-corrected chi connectivity index (χ4v) is 4.44. The predicted octanol–water partition coefficient (Wildman–Crippen LogP) is 3.25. The zero-order chi connectivity index (χ0) is 22.6. The molecule has 32 heavy (non-hydrogen) atoms. The van der Waals surface area contributed by atoms with Crippen LogP contribution in [0, 0.1) is 5.41 Å². The highest BCUT2D eigenvalue weighted by Gasteiger charge is 2.45. The number of carbonyl (C=O) groups is 2. The van der Waals surface area contributed by atoms with E-state index in [9.17, 15) is 9.59 Å². The molecule has 0 aliphatic carbocycles. The van der Waals surface area contributed by atoms with Crippen molar-refractivity contribution >= 4 is 11.8 Å². The molecular weight excluding hydrogens is 402 g/mol. The molecule has 2 heterocycles. The quantitative estimate of drug-likeness (QED) is 0.625. The van der Waals surface area contributed by atoms with Crippen LogP contribution in [0.5, 0.6) is 5.75 Å². The van der Waals surface area contributed by atoms with Gasteiger partial charge in [0.1, 0.15) is 5.75 Å². The van der Waals surface area contributed by atoms with E-state index in [0.29, 0.717) is 25.9 Å². The van der Waals surface area contributed by atoms with Gasteiger partial charge in [-0.25, -0.2) is 0 Å². The van der Waals surface area contributed by atoms with Gasteiger partial charge in [-0.2, -0.15) is 0 Å². The van der Waals surface area contributed by atoms with Gasteiger partial charge >= 0.3 is 0 Å². The second-order valence-corrected chi connectivity index (χ2v) is 8.31. The Morgan fingerprint density at radius 2 is 1.88 bits per heavy atom. The van der Waals surface area contributed by atoms with E-state index in [1.165, 1.54) is 0 Å². The van der Waals surface area contributed by atoms with Crippen molar-refractivity contribution in [1.29, 1.82) is 0 Å². The topological polar surface area (TPSA) is 85.5 Å². The van der Waals surface area contributed by atoms with Crippen molar-refractivity contribution < 1.29 is 14.3 Å². The Labute approximate surface area is 188 Å². The normalized spacial score (nSPS) is 17.8. The lowest BCUT2D eigenvalue weighted by Gasteiger charge is -2.27. The number of methoxy groups -OCH3 is 1. The summed E-state index contributed by atoms with van der Waals surface area (Å²) >= 11 is 0. The summed E-state index contributed by atoms with van der Waals surface area (Å²) in [5, 5.41) is 0. The lowest BCUT2D eigenvalue weighted by molar-refractivity contribution is -0.131. The first-order valence-corrected chi connectivity index (χ1v) is 10.7. The summed E-state index contributed by atoms with van der Waals surface area (Å²) < 4.78 is 5.25. The Balaban J connectivity index is 1.54. The molecule has 0 radical (unpaired) electrons. The molecule has 2 N–H and O–H groups in total. The fraction of sp³-hybridized carbons (Fsp3) is 0.269. The first-order valence-electron chi connectivity index (χ1n) is 10.7. The molecule has 1 aliphatic rings. The van der Waals surface area contributed by atoms with E-state index in [4.69, 9.17) is 10.5 Å². The number of hydrogen-bond acceptors (Lipinski definition) is 4. The average Bonchev–Trinajstić information content (AvgIpc) is 3.26. The smallest absolute Gasteiger partial charge is 0.227 e. The second-order valence-electron chi connectivity index (χ2n) is 8.31. The van der Waals surface area contributed by atoms with E-state index < -0.39 is 5.41 Å². The van der Waals surface area contributed by atoms with Crippen molar-refractivity contribution in [3.63, 3.8) is 0 Å². The largest absolute Gasteiger partial charge is 0.497 e. The number of rotatable bonds is 7. The number of amides is 2. The van der Waals surface area contributed by atoms with Crippen LogP contribution in [0.15, 0.2) is 73.1 Å². The van der Waals surface area contributed by atoms with Crippen LogP contribution in [0.1, 0.15) is 17.5 Å². The van der Waals surface area contributed by atoms with Gasteiger partial charge in [-0.1, -0.05) is 36.4 Å². The number of benzene rings is 2. The third kappa shape index (κ3) is 4.49. The summed E-state index contributed by atoms with van der Waals surface area (Å²) in [5.41, 5.74) is 9.15. The number of pyridine rings is 1. The number of hydrogen-bond donors (Lipinski definition) is 1. The van der Waals surface area contributed by atoms with Crippen LogP contribution in [-0.2, 0) is 22.4 Å². The highest BCUT2D eigenvalue weighted by atomic mass is 16.5. The minimum atomic E-state index is -0.785. The molecule has 0 saturated carbocycles. The van der Waals surface area contributed by atoms with Crippen LogP contribution in [0.4, 0.5) is 0 Å². The third-order valence-electron chi connectivity index (χ3n) is 6.26. The van der Waals surface area contributed by atoms with Crippen molar-refractivity contribution in [3.8, 4) is 16.9 Å². The van der Waals surface area contributed by atoms with Crippen LogP contribution in [-0.4, -0.2) is 41.9 Å². The highest BCUT2D eigenvalue weighted by molar-refractivity contribution is 5.85. The summed E-state index contributed by atoms with van der Waals surface area (Å²) in [6.45, 7) is 0.846. The molecule has 2 amide bonds.